The van der Waals surface area contributed by atoms with E-state index in [0.29, 0.717) is 12.8 Å². The van der Waals surface area contributed by atoms with Gasteiger partial charge in [0.1, 0.15) is 5.82 Å². The normalized spacial score (nSPS) is 21.0. The van der Waals surface area contributed by atoms with Gasteiger partial charge in [-0.05, 0) is 37.1 Å². The van der Waals surface area contributed by atoms with Gasteiger partial charge in [-0.15, -0.1) is 0 Å². The van der Waals surface area contributed by atoms with E-state index in [4.69, 9.17) is 0 Å². The number of carbonyl (C=O) groups excluding carboxylic acids is 1. The molecule has 0 aromatic heterocycles. The molecule has 0 radical (unpaired) electrons. The number of hydrogen-bond donors (Lipinski definition) is 3. The Labute approximate surface area is 152 Å². The van der Waals surface area contributed by atoms with Crippen molar-refractivity contribution in [1.82, 2.24) is 10.0 Å². The van der Waals surface area contributed by atoms with Crippen molar-refractivity contribution in [2.45, 2.75) is 49.5 Å². The molecule has 0 bridgehead atoms. The number of benzene rings is 1. The molecule has 144 valence electrons. The number of aliphatic carboxylic acids is 1. The van der Waals surface area contributed by atoms with Gasteiger partial charge in [-0.2, -0.15) is 0 Å². The van der Waals surface area contributed by atoms with Crippen LogP contribution in [0.15, 0.2) is 29.2 Å². The van der Waals surface area contributed by atoms with E-state index in [1.165, 1.54) is 0 Å². The summed E-state index contributed by atoms with van der Waals surface area (Å²) in [6.07, 6.45) is 3.63. The number of hydrogen-bond acceptors (Lipinski definition) is 4. The van der Waals surface area contributed by atoms with Gasteiger partial charge in [0.15, 0.2) is 0 Å². The molecule has 1 aromatic carbocycles. The molecule has 9 heteroatoms. The highest BCUT2D eigenvalue weighted by atomic mass is 32.2. The third-order valence-corrected chi connectivity index (χ3v) is 5.92. The van der Waals surface area contributed by atoms with E-state index in [2.05, 4.69) is 10.0 Å². The summed E-state index contributed by atoms with van der Waals surface area (Å²) in [5, 5.41) is 12.0. The molecular formula is C17H23FN2O5S. The topological polar surface area (TPSA) is 113 Å². The lowest BCUT2D eigenvalue weighted by Gasteiger charge is -2.22. The molecule has 0 unspecified atom stereocenters. The Morgan fingerprint density at radius 2 is 1.77 bits per heavy atom. The average molecular weight is 386 g/mol. The van der Waals surface area contributed by atoms with Crippen LogP contribution in [0.1, 0.15) is 38.5 Å². The lowest BCUT2D eigenvalue weighted by molar-refractivity contribution is -0.143. The van der Waals surface area contributed by atoms with Gasteiger partial charge in [-0.25, -0.2) is 17.5 Å². The minimum absolute atomic E-state index is 0.0889. The molecule has 1 fully saturated rings. The number of carboxylic acids is 1. The Morgan fingerprint density at radius 3 is 2.42 bits per heavy atom. The molecule has 1 amide bonds. The summed E-state index contributed by atoms with van der Waals surface area (Å²) in [6.45, 7) is -0.129. The molecule has 7 nitrogen and oxygen atoms in total. The molecule has 1 aliphatic carbocycles. The van der Waals surface area contributed by atoms with E-state index in [9.17, 15) is 27.5 Å². The second-order valence-electron chi connectivity index (χ2n) is 6.36. The van der Waals surface area contributed by atoms with Crippen LogP contribution in [0.4, 0.5) is 4.39 Å². The Kier molecular flexibility index (Phi) is 7.10. The molecule has 2 atom stereocenters. The van der Waals surface area contributed by atoms with Crippen LogP contribution in [-0.4, -0.2) is 38.0 Å². The van der Waals surface area contributed by atoms with Crippen LogP contribution in [0.3, 0.4) is 0 Å². The maximum absolute atomic E-state index is 12.9. The molecule has 1 aliphatic rings. The first-order valence-electron chi connectivity index (χ1n) is 8.57. The largest absolute Gasteiger partial charge is 0.481 e. The van der Waals surface area contributed by atoms with Gasteiger partial charge in [-0.1, -0.05) is 19.3 Å². The molecule has 1 aromatic rings. The first-order valence-corrected chi connectivity index (χ1v) is 10.1. The molecule has 0 aliphatic heterocycles. The summed E-state index contributed by atoms with van der Waals surface area (Å²) in [7, 11) is -3.83. The van der Waals surface area contributed by atoms with Gasteiger partial charge >= 0.3 is 5.97 Å². The lowest BCUT2D eigenvalue weighted by Crippen LogP contribution is -2.43. The van der Waals surface area contributed by atoms with E-state index in [-0.39, 0.29) is 17.9 Å². The summed E-state index contributed by atoms with van der Waals surface area (Å²) >= 11 is 0. The highest BCUT2D eigenvalue weighted by Crippen LogP contribution is 2.23. The van der Waals surface area contributed by atoms with E-state index in [1.807, 2.05) is 0 Å². The van der Waals surface area contributed by atoms with Crippen molar-refractivity contribution < 1.29 is 27.5 Å². The fourth-order valence-corrected chi connectivity index (χ4v) is 4.08. The highest BCUT2D eigenvalue weighted by molar-refractivity contribution is 7.89. The Bertz CT molecular complexity index is 736. The maximum Gasteiger partial charge on any atom is 0.308 e. The molecule has 26 heavy (non-hydrogen) atoms. The van der Waals surface area contributed by atoms with Crippen LogP contribution in [-0.2, 0) is 19.6 Å². The third-order valence-electron chi connectivity index (χ3n) is 4.45. The van der Waals surface area contributed by atoms with E-state index >= 15 is 0 Å². The summed E-state index contributed by atoms with van der Waals surface area (Å²) in [4.78, 5) is 23.3. The Balaban J connectivity index is 1.86. The summed E-state index contributed by atoms with van der Waals surface area (Å²) < 4.78 is 39.3. The van der Waals surface area contributed by atoms with Crippen molar-refractivity contribution in [3.8, 4) is 0 Å². The van der Waals surface area contributed by atoms with Crippen LogP contribution in [0, 0.1) is 11.7 Å². The van der Waals surface area contributed by atoms with Crippen LogP contribution >= 0.6 is 0 Å². The van der Waals surface area contributed by atoms with Crippen molar-refractivity contribution in [2.75, 3.05) is 6.54 Å². The second kappa shape index (κ2) is 9.09. The minimum Gasteiger partial charge on any atom is -0.481 e. The monoisotopic (exact) mass is 386 g/mol. The SMILES string of the molecule is O=C(CCNS(=O)(=O)c1ccc(F)cc1)N[C@H]1CCCCC[C@H]1C(=O)O. The number of amides is 1. The average Bonchev–Trinajstić information content (AvgIpc) is 2.80. The molecular weight excluding hydrogens is 363 g/mol. The van der Waals surface area contributed by atoms with E-state index in [0.717, 1.165) is 43.5 Å². The highest BCUT2D eigenvalue weighted by Gasteiger charge is 2.30. The Hall–Kier alpha value is -2.00. The number of nitrogens with one attached hydrogen (secondary N) is 2. The zero-order valence-corrected chi connectivity index (χ0v) is 15.1. The van der Waals surface area contributed by atoms with Crippen molar-refractivity contribution in [3.05, 3.63) is 30.1 Å². The minimum atomic E-state index is -3.83. The lowest BCUT2D eigenvalue weighted by atomic mass is 9.95. The number of halogens is 1. The smallest absolute Gasteiger partial charge is 0.308 e. The molecule has 0 spiro atoms. The predicted octanol–water partition coefficient (Wildman–Crippen LogP) is 1.64. The summed E-state index contributed by atoms with van der Waals surface area (Å²) in [6, 6.07) is 3.93. The van der Waals surface area contributed by atoms with Crippen molar-refractivity contribution in [2.24, 2.45) is 5.92 Å². The standard InChI is InChI=1S/C17H23FN2O5S/c18-12-6-8-13(9-7-12)26(24,25)19-11-10-16(21)20-15-5-3-1-2-4-14(15)17(22)23/h6-9,14-15,19H,1-5,10-11H2,(H,20,21)(H,22,23)/t14-,15+/m1/s1. The first kappa shape index (κ1) is 20.3. The van der Waals surface area contributed by atoms with Crippen LogP contribution in [0.25, 0.3) is 0 Å². The molecule has 1 saturated carbocycles. The summed E-state index contributed by atoms with van der Waals surface area (Å²) in [5.74, 6) is -2.48. The van der Waals surface area contributed by atoms with Crippen LogP contribution < -0.4 is 10.0 Å². The Morgan fingerprint density at radius 1 is 1.12 bits per heavy atom. The van der Waals surface area contributed by atoms with E-state index in [1.54, 1.807) is 0 Å². The van der Waals surface area contributed by atoms with E-state index < -0.39 is 39.7 Å². The number of carboxylic acid groups (broad SMARTS) is 1. The maximum atomic E-state index is 12.9. The number of sulfonamides is 1. The van der Waals surface area contributed by atoms with Gasteiger partial charge in [0, 0.05) is 19.0 Å². The predicted molar refractivity (Wildman–Crippen MR) is 92.3 cm³/mol. The van der Waals surface area contributed by atoms with Gasteiger partial charge in [0.25, 0.3) is 0 Å². The van der Waals surface area contributed by atoms with Gasteiger partial charge in [0.2, 0.25) is 15.9 Å². The van der Waals surface area contributed by atoms with Gasteiger partial charge < -0.3 is 10.4 Å². The van der Waals surface area contributed by atoms with Crippen molar-refractivity contribution in [3.63, 3.8) is 0 Å². The van der Waals surface area contributed by atoms with Crippen molar-refractivity contribution in [1.29, 1.82) is 0 Å². The molecule has 0 saturated heterocycles. The quantitative estimate of drug-likeness (QED) is 0.617. The molecule has 2 rings (SSSR count). The fraction of sp³-hybridized carbons (Fsp3) is 0.529. The van der Waals surface area contributed by atoms with Gasteiger partial charge in [-0.3, -0.25) is 9.59 Å². The van der Waals surface area contributed by atoms with Crippen molar-refractivity contribution >= 4 is 21.9 Å². The first-order chi connectivity index (χ1) is 12.3. The van der Waals surface area contributed by atoms with Crippen LogP contribution in [0.5, 0.6) is 0 Å². The zero-order chi connectivity index (χ0) is 19.2. The summed E-state index contributed by atoms with van der Waals surface area (Å²) in [5.41, 5.74) is 0. The second-order valence-corrected chi connectivity index (χ2v) is 8.13. The fourth-order valence-electron chi connectivity index (χ4n) is 3.05. The van der Waals surface area contributed by atoms with Gasteiger partial charge in [0.05, 0.1) is 10.8 Å². The molecule has 0 heterocycles. The van der Waals surface area contributed by atoms with Crippen LogP contribution in [0.2, 0.25) is 0 Å². The molecule has 3 N–H and O–H groups in total. The zero-order valence-electron chi connectivity index (χ0n) is 14.3. The number of carbonyl (C=O) groups is 2. The third kappa shape index (κ3) is 5.77. The number of rotatable bonds is 7.